The second-order valence-electron chi connectivity index (χ2n) is 2.14. The summed E-state index contributed by atoms with van der Waals surface area (Å²) in [6.45, 7) is 0. The summed E-state index contributed by atoms with van der Waals surface area (Å²) in [5.74, 6) is 0.174. The Kier molecular flexibility index (Phi) is 3.28. The molecule has 0 N–H and O–H groups in total. The lowest BCUT2D eigenvalue weighted by Gasteiger charge is -1.99. The number of nitro benzene ring substituents is 1. The van der Waals surface area contributed by atoms with Crippen molar-refractivity contribution in [2.45, 2.75) is 5.88 Å². The molecule has 0 aliphatic carbocycles. The van der Waals surface area contributed by atoms with Crippen LogP contribution in [0.15, 0.2) is 18.2 Å². The van der Waals surface area contributed by atoms with Crippen LogP contribution in [0.3, 0.4) is 0 Å². The number of nitro groups is 1. The molecule has 12 heavy (non-hydrogen) atoms. The van der Waals surface area contributed by atoms with Gasteiger partial charge in [-0.15, -0.1) is 11.6 Å². The van der Waals surface area contributed by atoms with Gasteiger partial charge in [0.25, 0.3) is 5.69 Å². The number of benzene rings is 1. The molecule has 0 bridgehead atoms. The highest BCUT2D eigenvalue weighted by molar-refractivity contribution is 14.1. The molecule has 1 rings (SSSR count). The molecule has 5 heteroatoms. The zero-order chi connectivity index (χ0) is 9.14. The van der Waals surface area contributed by atoms with Crippen molar-refractivity contribution in [2.75, 3.05) is 0 Å². The molecule has 0 saturated carbocycles. The number of nitrogens with zero attached hydrogens (tertiary/aromatic N) is 1. The maximum absolute atomic E-state index is 10.5. The van der Waals surface area contributed by atoms with Crippen LogP contribution in [0.1, 0.15) is 5.56 Å². The number of para-hydroxylation sites is 1. The smallest absolute Gasteiger partial charge is 0.258 e. The Morgan fingerprint density at radius 2 is 2.25 bits per heavy atom. The lowest BCUT2D eigenvalue weighted by molar-refractivity contribution is -0.386. The molecule has 0 unspecified atom stereocenters. The quantitative estimate of drug-likeness (QED) is 0.364. The minimum Gasteiger partial charge on any atom is -0.258 e. The van der Waals surface area contributed by atoms with E-state index in [1.807, 2.05) is 22.6 Å². The van der Waals surface area contributed by atoms with Crippen LogP contribution in [0.5, 0.6) is 0 Å². The van der Waals surface area contributed by atoms with Gasteiger partial charge in [-0.3, -0.25) is 10.1 Å². The molecule has 0 fully saturated rings. The zero-order valence-electron chi connectivity index (χ0n) is 5.96. The summed E-state index contributed by atoms with van der Waals surface area (Å²) in [6, 6.07) is 5.11. The van der Waals surface area contributed by atoms with Crippen LogP contribution >= 0.6 is 34.2 Å². The fraction of sp³-hybridized carbons (Fsp3) is 0.143. The van der Waals surface area contributed by atoms with E-state index in [-0.39, 0.29) is 11.6 Å². The fourth-order valence-electron chi connectivity index (χ4n) is 0.872. The van der Waals surface area contributed by atoms with Crippen LogP contribution in [0.25, 0.3) is 0 Å². The summed E-state index contributed by atoms with van der Waals surface area (Å²) in [4.78, 5) is 10.1. The van der Waals surface area contributed by atoms with E-state index < -0.39 is 4.92 Å². The third-order valence-corrected chi connectivity index (χ3v) is 2.56. The Balaban J connectivity index is 3.29. The molecule has 0 atom stereocenters. The van der Waals surface area contributed by atoms with Gasteiger partial charge in [-0.05, 0) is 28.7 Å². The van der Waals surface area contributed by atoms with Crippen LogP contribution in [0.2, 0.25) is 0 Å². The van der Waals surface area contributed by atoms with E-state index in [2.05, 4.69) is 0 Å². The van der Waals surface area contributed by atoms with Gasteiger partial charge < -0.3 is 0 Å². The first-order chi connectivity index (χ1) is 5.66. The molecule has 64 valence electrons. The lowest BCUT2D eigenvalue weighted by Crippen LogP contribution is -1.95. The molecule has 1 aromatic rings. The molecule has 0 aliphatic rings. The number of alkyl halides is 1. The molecule has 0 aromatic heterocycles. The topological polar surface area (TPSA) is 43.1 Å². The van der Waals surface area contributed by atoms with Crippen LogP contribution in [0, 0.1) is 13.7 Å². The third-order valence-electron chi connectivity index (χ3n) is 1.40. The second kappa shape index (κ2) is 4.04. The number of hydrogen-bond acceptors (Lipinski definition) is 2. The number of hydrogen-bond donors (Lipinski definition) is 0. The van der Waals surface area contributed by atoms with Gasteiger partial charge in [-0.25, -0.2) is 0 Å². The van der Waals surface area contributed by atoms with Crippen LogP contribution in [0.4, 0.5) is 5.69 Å². The van der Waals surface area contributed by atoms with Crippen molar-refractivity contribution >= 4 is 39.9 Å². The average Bonchev–Trinajstić information content (AvgIpc) is 2.03. The predicted molar refractivity (Wildman–Crippen MR) is 55.4 cm³/mol. The molecule has 0 saturated heterocycles. The monoisotopic (exact) mass is 297 g/mol. The van der Waals surface area contributed by atoms with Crippen molar-refractivity contribution < 1.29 is 4.92 Å². The lowest BCUT2D eigenvalue weighted by atomic mass is 10.2. The van der Waals surface area contributed by atoms with E-state index in [9.17, 15) is 10.1 Å². The van der Waals surface area contributed by atoms with Gasteiger partial charge in [0.1, 0.15) is 0 Å². The average molecular weight is 297 g/mol. The maximum Gasteiger partial charge on any atom is 0.287 e. The standard InChI is InChI=1S/C7H5ClINO2/c8-4-5-2-1-3-6(9)7(5)10(11)12/h1-3H,4H2. The van der Waals surface area contributed by atoms with E-state index in [0.717, 1.165) is 0 Å². The van der Waals surface area contributed by atoms with Gasteiger partial charge in [0, 0.05) is 5.56 Å². The Hall–Kier alpha value is -0.360. The molecule has 0 spiro atoms. The summed E-state index contributed by atoms with van der Waals surface area (Å²) in [5, 5.41) is 10.5. The van der Waals surface area contributed by atoms with Crippen LogP contribution in [-0.4, -0.2) is 4.92 Å². The van der Waals surface area contributed by atoms with Crippen LogP contribution < -0.4 is 0 Å². The van der Waals surface area contributed by atoms with Gasteiger partial charge in [-0.2, -0.15) is 0 Å². The largest absolute Gasteiger partial charge is 0.287 e. The molecule has 0 radical (unpaired) electrons. The Bertz CT molecular complexity index is 316. The van der Waals surface area contributed by atoms with Crippen molar-refractivity contribution in [3.63, 3.8) is 0 Å². The molecule has 0 amide bonds. The summed E-state index contributed by atoms with van der Waals surface area (Å²) >= 11 is 7.46. The maximum atomic E-state index is 10.5. The number of halogens is 2. The van der Waals surface area contributed by atoms with Crippen molar-refractivity contribution in [2.24, 2.45) is 0 Å². The van der Waals surface area contributed by atoms with Crippen molar-refractivity contribution in [1.29, 1.82) is 0 Å². The predicted octanol–water partition coefficient (Wildman–Crippen LogP) is 2.94. The van der Waals surface area contributed by atoms with E-state index in [4.69, 9.17) is 11.6 Å². The van der Waals surface area contributed by atoms with E-state index in [1.165, 1.54) is 0 Å². The Morgan fingerprint density at radius 1 is 1.58 bits per heavy atom. The molecule has 3 nitrogen and oxygen atoms in total. The van der Waals surface area contributed by atoms with Gasteiger partial charge in [0.15, 0.2) is 0 Å². The first-order valence-corrected chi connectivity index (χ1v) is 4.76. The normalized spacial score (nSPS) is 9.83. The Labute approximate surface area is 88.0 Å². The molecular weight excluding hydrogens is 292 g/mol. The second-order valence-corrected chi connectivity index (χ2v) is 3.57. The highest BCUT2D eigenvalue weighted by Gasteiger charge is 2.16. The number of rotatable bonds is 2. The van der Waals surface area contributed by atoms with Crippen molar-refractivity contribution in [1.82, 2.24) is 0 Å². The molecule has 0 heterocycles. The first-order valence-electron chi connectivity index (χ1n) is 3.14. The van der Waals surface area contributed by atoms with Crippen molar-refractivity contribution in [3.8, 4) is 0 Å². The van der Waals surface area contributed by atoms with Crippen LogP contribution in [-0.2, 0) is 5.88 Å². The molecule has 1 aromatic carbocycles. The van der Waals surface area contributed by atoms with Gasteiger partial charge in [0.05, 0.1) is 14.4 Å². The summed E-state index contributed by atoms with van der Waals surface area (Å²) < 4.78 is 0.621. The minimum absolute atomic E-state index is 0.119. The Morgan fingerprint density at radius 3 is 2.67 bits per heavy atom. The summed E-state index contributed by atoms with van der Waals surface area (Å²) in [7, 11) is 0. The third kappa shape index (κ3) is 1.87. The fourth-order valence-corrected chi connectivity index (χ4v) is 1.84. The highest BCUT2D eigenvalue weighted by atomic mass is 127. The van der Waals surface area contributed by atoms with Gasteiger partial charge >= 0.3 is 0 Å². The van der Waals surface area contributed by atoms with Crippen molar-refractivity contribution in [3.05, 3.63) is 37.4 Å². The zero-order valence-corrected chi connectivity index (χ0v) is 8.87. The SMILES string of the molecule is O=[N+]([O-])c1c(I)cccc1CCl. The highest BCUT2D eigenvalue weighted by Crippen LogP contribution is 2.26. The molecule has 0 aliphatic heterocycles. The summed E-state index contributed by atoms with van der Waals surface area (Å²) in [5.41, 5.74) is 0.682. The van der Waals surface area contributed by atoms with E-state index >= 15 is 0 Å². The van der Waals surface area contributed by atoms with Gasteiger partial charge in [0.2, 0.25) is 0 Å². The van der Waals surface area contributed by atoms with E-state index in [1.54, 1.807) is 18.2 Å². The summed E-state index contributed by atoms with van der Waals surface area (Å²) in [6.07, 6.45) is 0. The molecular formula is C7H5ClINO2. The van der Waals surface area contributed by atoms with Gasteiger partial charge in [-0.1, -0.05) is 12.1 Å². The first kappa shape index (κ1) is 9.73. The minimum atomic E-state index is -0.403. The van der Waals surface area contributed by atoms with E-state index in [0.29, 0.717) is 9.13 Å².